The smallest absolute Gasteiger partial charge is 0.253 e. The molecule has 1 fully saturated rings. The molecule has 2 rings (SSSR count). The summed E-state index contributed by atoms with van der Waals surface area (Å²) in [6.45, 7) is 2.64. The van der Waals surface area contributed by atoms with Gasteiger partial charge in [-0.3, -0.25) is 9.59 Å². The third-order valence-corrected chi connectivity index (χ3v) is 4.30. The van der Waals surface area contributed by atoms with Crippen LogP contribution >= 0.6 is 0 Å². The van der Waals surface area contributed by atoms with E-state index in [1.807, 2.05) is 11.9 Å². The van der Waals surface area contributed by atoms with Crippen LogP contribution in [0.3, 0.4) is 0 Å². The van der Waals surface area contributed by atoms with Gasteiger partial charge in [0.1, 0.15) is 0 Å². The summed E-state index contributed by atoms with van der Waals surface area (Å²) in [4.78, 5) is 26.1. The number of carbonyl (C=O) groups excluding carboxylic acids is 2. The van der Waals surface area contributed by atoms with E-state index in [0.717, 1.165) is 32.5 Å². The highest BCUT2D eigenvalue weighted by Gasteiger charge is 2.23. The van der Waals surface area contributed by atoms with Gasteiger partial charge in [0.05, 0.1) is 0 Å². The Morgan fingerprint density at radius 1 is 1.18 bits per heavy atom. The van der Waals surface area contributed by atoms with Crippen LogP contribution in [-0.2, 0) is 0 Å². The maximum absolute atomic E-state index is 12.6. The van der Waals surface area contributed by atoms with Crippen molar-refractivity contribution in [3.05, 3.63) is 35.4 Å². The van der Waals surface area contributed by atoms with Crippen molar-refractivity contribution in [1.29, 1.82) is 0 Å². The van der Waals surface area contributed by atoms with E-state index in [9.17, 15) is 9.59 Å². The fourth-order valence-electron chi connectivity index (χ4n) is 2.89. The summed E-state index contributed by atoms with van der Waals surface area (Å²) in [5.41, 5.74) is 1.12. The van der Waals surface area contributed by atoms with E-state index < -0.39 is 0 Å². The molecule has 5 nitrogen and oxygen atoms in total. The van der Waals surface area contributed by atoms with Gasteiger partial charge in [0.25, 0.3) is 11.8 Å². The van der Waals surface area contributed by atoms with Gasteiger partial charge in [0.15, 0.2) is 0 Å². The normalized spacial score (nSPS) is 15.6. The average molecular weight is 303 g/mol. The van der Waals surface area contributed by atoms with Crippen molar-refractivity contribution in [3.63, 3.8) is 0 Å². The van der Waals surface area contributed by atoms with E-state index in [4.69, 9.17) is 0 Å². The number of likely N-dealkylation sites (tertiary alicyclic amines) is 1. The van der Waals surface area contributed by atoms with Crippen molar-refractivity contribution in [2.45, 2.75) is 19.3 Å². The first-order chi connectivity index (χ1) is 10.7. The van der Waals surface area contributed by atoms with E-state index in [0.29, 0.717) is 17.0 Å². The van der Waals surface area contributed by atoms with E-state index in [1.165, 1.54) is 6.42 Å². The predicted molar refractivity (Wildman–Crippen MR) is 87.0 cm³/mol. The number of rotatable bonds is 5. The number of nitrogens with one attached hydrogen (secondary N) is 2. The molecule has 22 heavy (non-hydrogen) atoms. The van der Waals surface area contributed by atoms with Gasteiger partial charge in [0, 0.05) is 31.3 Å². The molecular formula is C17H25N3O2. The van der Waals surface area contributed by atoms with Crippen LogP contribution in [-0.4, -0.2) is 50.4 Å². The molecule has 0 atom stereocenters. The molecule has 1 aromatic rings. The van der Waals surface area contributed by atoms with Crippen LogP contribution in [0.5, 0.6) is 0 Å². The summed E-state index contributed by atoms with van der Waals surface area (Å²) in [5, 5.41) is 5.76. The summed E-state index contributed by atoms with van der Waals surface area (Å²) >= 11 is 0. The number of hydrogen-bond donors (Lipinski definition) is 2. The molecule has 0 radical (unpaired) electrons. The number of amides is 2. The minimum absolute atomic E-state index is 0.0258. The number of hydrogen-bond acceptors (Lipinski definition) is 3. The number of piperidine rings is 1. The molecule has 0 aliphatic carbocycles. The maximum atomic E-state index is 12.6. The molecule has 1 saturated heterocycles. The molecule has 2 amide bonds. The summed E-state index contributed by atoms with van der Waals surface area (Å²) in [7, 11) is 3.56. The summed E-state index contributed by atoms with van der Waals surface area (Å²) < 4.78 is 0. The first-order valence-electron chi connectivity index (χ1n) is 7.91. The highest BCUT2D eigenvalue weighted by Crippen LogP contribution is 2.21. The average Bonchev–Trinajstić information content (AvgIpc) is 2.59. The van der Waals surface area contributed by atoms with Crippen molar-refractivity contribution in [2.24, 2.45) is 5.92 Å². The number of benzene rings is 1. The van der Waals surface area contributed by atoms with Crippen LogP contribution in [0.15, 0.2) is 24.3 Å². The molecule has 2 N–H and O–H groups in total. The Morgan fingerprint density at radius 3 is 2.50 bits per heavy atom. The zero-order valence-corrected chi connectivity index (χ0v) is 13.4. The number of carbonyl (C=O) groups is 2. The van der Waals surface area contributed by atoms with Gasteiger partial charge in [0.2, 0.25) is 0 Å². The fourth-order valence-corrected chi connectivity index (χ4v) is 2.89. The zero-order valence-electron chi connectivity index (χ0n) is 13.4. The van der Waals surface area contributed by atoms with Crippen molar-refractivity contribution in [3.8, 4) is 0 Å². The summed E-state index contributed by atoms with van der Waals surface area (Å²) in [6.07, 6.45) is 3.29. The molecule has 0 aromatic heterocycles. The van der Waals surface area contributed by atoms with Gasteiger partial charge in [-0.1, -0.05) is 6.07 Å². The third kappa shape index (κ3) is 4.07. The molecule has 0 saturated carbocycles. The van der Waals surface area contributed by atoms with Crippen LogP contribution in [0.2, 0.25) is 0 Å². The van der Waals surface area contributed by atoms with Crippen LogP contribution in [0.25, 0.3) is 0 Å². The summed E-state index contributed by atoms with van der Waals surface area (Å²) in [6, 6.07) is 6.94. The highest BCUT2D eigenvalue weighted by atomic mass is 16.2. The van der Waals surface area contributed by atoms with Gasteiger partial charge in [-0.25, -0.2) is 0 Å². The van der Waals surface area contributed by atoms with Crippen molar-refractivity contribution in [2.75, 3.05) is 33.7 Å². The molecule has 1 heterocycles. The van der Waals surface area contributed by atoms with Gasteiger partial charge in [-0.2, -0.15) is 0 Å². The van der Waals surface area contributed by atoms with Crippen LogP contribution < -0.4 is 10.6 Å². The van der Waals surface area contributed by atoms with Crippen molar-refractivity contribution < 1.29 is 9.59 Å². The first-order valence-corrected chi connectivity index (χ1v) is 7.91. The largest absolute Gasteiger partial charge is 0.355 e. The molecule has 1 aromatic carbocycles. The van der Waals surface area contributed by atoms with Crippen LogP contribution in [0.4, 0.5) is 0 Å². The lowest BCUT2D eigenvalue weighted by atomic mass is 9.93. The van der Waals surface area contributed by atoms with Gasteiger partial charge >= 0.3 is 0 Å². The molecule has 1 aliphatic rings. The van der Waals surface area contributed by atoms with Crippen molar-refractivity contribution in [1.82, 2.24) is 15.5 Å². The predicted octanol–water partition coefficient (Wildman–Crippen LogP) is 1.51. The highest BCUT2D eigenvalue weighted by molar-refractivity contribution is 5.99. The molecular weight excluding hydrogens is 278 g/mol. The second-order valence-corrected chi connectivity index (χ2v) is 5.79. The molecule has 0 bridgehead atoms. The quantitative estimate of drug-likeness (QED) is 0.867. The molecule has 0 unspecified atom stereocenters. The number of nitrogens with zero attached hydrogens (tertiary/aromatic N) is 1. The van der Waals surface area contributed by atoms with E-state index >= 15 is 0 Å². The van der Waals surface area contributed by atoms with Gasteiger partial charge in [-0.05, 0) is 57.0 Å². The second-order valence-electron chi connectivity index (χ2n) is 5.79. The van der Waals surface area contributed by atoms with E-state index in [1.54, 1.807) is 31.3 Å². The lowest BCUT2D eigenvalue weighted by Crippen LogP contribution is -2.39. The van der Waals surface area contributed by atoms with E-state index in [-0.39, 0.29) is 11.8 Å². The van der Waals surface area contributed by atoms with Crippen molar-refractivity contribution >= 4 is 11.8 Å². The van der Waals surface area contributed by atoms with Gasteiger partial charge < -0.3 is 15.5 Å². The molecule has 0 spiro atoms. The first kappa shape index (κ1) is 16.5. The lowest BCUT2D eigenvalue weighted by molar-refractivity contribution is 0.0687. The SMILES string of the molecule is CNCCC1CCN(C(=O)c2cccc(C(=O)NC)c2)CC1. The van der Waals surface area contributed by atoms with Gasteiger partial charge in [-0.15, -0.1) is 0 Å². The Hall–Kier alpha value is -1.88. The fraction of sp³-hybridized carbons (Fsp3) is 0.529. The van der Waals surface area contributed by atoms with Crippen LogP contribution in [0.1, 0.15) is 40.0 Å². The zero-order chi connectivity index (χ0) is 15.9. The third-order valence-electron chi connectivity index (χ3n) is 4.30. The lowest BCUT2D eigenvalue weighted by Gasteiger charge is -2.32. The second kappa shape index (κ2) is 7.94. The Kier molecular flexibility index (Phi) is 5.95. The minimum Gasteiger partial charge on any atom is -0.355 e. The van der Waals surface area contributed by atoms with Crippen LogP contribution in [0, 0.1) is 5.92 Å². The Balaban J connectivity index is 1.96. The Labute approximate surface area is 132 Å². The monoisotopic (exact) mass is 303 g/mol. The topological polar surface area (TPSA) is 61.4 Å². The minimum atomic E-state index is -0.166. The Bertz CT molecular complexity index is 522. The Morgan fingerprint density at radius 2 is 1.86 bits per heavy atom. The standard InChI is InChI=1S/C17H25N3O2/c1-18-9-6-13-7-10-20(11-8-13)17(22)15-5-3-4-14(12-15)16(21)19-2/h3-5,12-13,18H,6-11H2,1-2H3,(H,19,21). The molecule has 1 aliphatic heterocycles. The van der Waals surface area contributed by atoms with E-state index in [2.05, 4.69) is 10.6 Å². The molecule has 5 heteroatoms. The maximum Gasteiger partial charge on any atom is 0.253 e. The molecule has 120 valence electrons. The summed E-state index contributed by atoms with van der Waals surface area (Å²) in [5.74, 6) is 0.562.